The van der Waals surface area contributed by atoms with Crippen LogP contribution in [-0.2, 0) is 9.59 Å². The van der Waals surface area contributed by atoms with E-state index in [1.807, 2.05) is 0 Å². The van der Waals surface area contributed by atoms with E-state index >= 15 is 0 Å². The zero-order chi connectivity index (χ0) is 12.6. The Morgan fingerprint density at radius 2 is 1.65 bits per heavy atom. The molecule has 0 aliphatic carbocycles. The molecule has 1 aliphatic rings. The molecule has 2 bridgehead atoms. The fourth-order valence-corrected chi connectivity index (χ4v) is 1.28. The van der Waals surface area contributed by atoms with Gasteiger partial charge in [-0.25, -0.2) is 14.4 Å². The predicted molar refractivity (Wildman–Crippen MR) is 52.1 cm³/mol. The number of fused-ring (bicyclic) bond motifs is 2. The Bertz CT molecular complexity index is 611. The SMILES string of the molecule is Cc1cn2c(=O)n(c1=O)OC(=O)CCC(=O)O2. The Hall–Kier alpha value is -2.38. The maximum Gasteiger partial charge on any atom is 0.398 e. The van der Waals surface area contributed by atoms with Crippen molar-refractivity contribution in [1.29, 1.82) is 0 Å². The first-order chi connectivity index (χ1) is 7.99. The summed E-state index contributed by atoms with van der Waals surface area (Å²) in [6, 6.07) is 0. The van der Waals surface area contributed by atoms with Crippen molar-refractivity contribution >= 4 is 11.9 Å². The average molecular weight is 240 g/mol. The number of carbonyl (C=O) groups excluding carboxylic acids is 2. The highest BCUT2D eigenvalue weighted by molar-refractivity contribution is 5.78. The molecular weight excluding hydrogens is 232 g/mol. The van der Waals surface area contributed by atoms with Crippen LogP contribution in [0.4, 0.5) is 0 Å². The van der Waals surface area contributed by atoms with Crippen LogP contribution in [0, 0.1) is 6.92 Å². The van der Waals surface area contributed by atoms with Gasteiger partial charge in [-0.2, -0.15) is 0 Å². The lowest BCUT2D eigenvalue weighted by Crippen LogP contribution is -2.47. The summed E-state index contributed by atoms with van der Waals surface area (Å²) >= 11 is 0. The van der Waals surface area contributed by atoms with Crippen LogP contribution in [-0.4, -0.2) is 21.4 Å². The molecule has 8 heteroatoms. The van der Waals surface area contributed by atoms with Gasteiger partial charge in [0.05, 0.1) is 19.0 Å². The van der Waals surface area contributed by atoms with Gasteiger partial charge in [0.15, 0.2) is 0 Å². The van der Waals surface area contributed by atoms with E-state index in [0.29, 0.717) is 4.73 Å². The minimum Gasteiger partial charge on any atom is -0.332 e. The topological polar surface area (TPSA) is 96.6 Å². The Morgan fingerprint density at radius 1 is 1.06 bits per heavy atom. The Kier molecular flexibility index (Phi) is 2.54. The molecule has 0 fully saturated rings. The van der Waals surface area contributed by atoms with E-state index in [2.05, 4.69) is 9.68 Å². The van der Waals surface area contributed by atoms with Crippen LogP contribution < -0.4 is 20.9 Å². The summed E-state index contributed by atoms with van der Waals surface area (Å²) in [6.45, 7) is 1.40. The van der Waals surface area contributed by atoms with E-state index in [4.69, 9.17) is 0 Å². The first-order valence-electron chi connectivity index (χ1n) is 4.76. The van der Waals surface area contributed by atoms with Crippen molar-refractivity contribution in [2.45, 2.75) is 19.8 Å². The van der Waals surface area contributed by atoms with Gasteiger partial charge >= 0.3 is 17.6 Å². The smallest absolute Gasteiger partial charge is 0.332 e. The molecule has 0 amide bonds. The average Bonchev–Trinajstić information content (AvgIpc) is 2.31. The fraction of sp³-hybridized carbons (Fsp3) is 0.333. The van der Waals surface area contributed by atoms with Crippen molar-refractivity contribution in [3.8, 4) is 0 Å². The van der Waals surface area contributed by atoms with Crippen molar-refractivity contribution in [2.75, 3.05) is 0 Å². The van der Waals surface area contributed by atoms with Gasteiger partial charge in [-0.1, -0.05) is 4.73 Å². The van der Waals surface area contributed by atoms with Crippen LogP contribution in [0.15, 0.2) is 15.8 Å². The zero-order valence-electron chi connectivity index (χ0n) is 8.84. The number of hydrogen-bond acceptors (Lipinski definition) is 6. The number of aryl methyl sites for hydroxylation is 1. The van der Waals surface area contributed by atoms with Crippen molar-refractivity contribution in [1.82, 2.24) is 9.46 Å². The molecule has 1 aromatic rings. The summed E-state index contributed by atoms with van der Waals surface area (Å²) in [4.78, 5) is 54.8. The van der Waals surface area contributed by atoms with Crippen LogP contribution in [0.1, 0.15) is 18.4 Å². The number of carbonyl (C=O) groups is 2. The minimum atomic E-state index is -1.04. The maximum absolute atomic E-state index is 11.6. The molecule has 0 aromatic carbocycles. The second kappa shape index (κ2) is 3.89. The summed E-state index contributed by atoms with van der Waals surface area (Å²) < 4.78 is 0.841. The van der Waals surface area contributed by atoms with Crippen molar-refractivity contribution in [3.63, 3.8) is 0 Å². The third-order valence-electron chi connectivity index (χ3n) is 2.12. The molecule has 1 aliphatic heterocycles. The Morgan fingerprint density at radius 3 is 2.29 bits per heavy atom. The van der Waals surface area contributed by atoms with Gasteiger partial charge in [0, 0.05) is 5.56 Å². The van der Waals surface area contributed by atoms with Crippen molar-refractivity contribution in [2.24, 2.45) is 0 Å². The van der Waals surface area contributed by atoms with Gasteiger partial charge in [0.25, 0.3) is 5.56 Å². The molecule has 0 spiro atoms. The first kappa shape index (κ1) is 11.1. The molecule has 0 saturated heterocycles. The van der Waals surface area contributed by atoms with Gasteiger partial charge in [-0.3, -0.25) is 4.79 Å². The van der Waals surface area contributed by atoms with Crippen molar-refractivity contribution in [3.05, 3.63) is 32.6 Å². The molecule has 0 unspecified atom stereocenters. The second-order valence-corrected chi connectivity index (χ2v) is 3.45. The third-order valence-corrected chi connectivity index (χ3v) is 2.12. The van der Waals surface area contributed by atoms with Crippen LogP contribution in [0.3, 0.4) is 0 Å². The lowest BCUT2D eigenvalue weighted by molar-refractivity contribution is -0.148. The lowest BCUT2D eigenvalue weighted by Gasteiger charge is -2.07. The minimum absolute atomic E-state index is 0.104. The fourth-order valence-electron chi connectivity index (χ4n) is 1.28. The quantitative estimate of drug-likeness (QED) is 0.521. The van der Waals surface area contributed by atoms with Crippen molar-refractivity contribution < 1.29 is 19.3 Å². The lowest BCUT2D eigenvalue weighted by atomic mass is 10.3. The maximum atomic E-state index is 11.6. The predicted octanol–water partition coefficient (Wildman–Crippen LogP) is -1.98. The summed E-state index contributed by atoms with van der Waals surface area (Å²) in [5.41, 5.74) is -1.70. The van der Waals surface area contributed by atoms with E-state index in [9.17, 15) is 19.2 Å². The van der Waals surface area contributed by atoms with Crippen LogP contribution >= 0.6 is 0 Å². The zero-order valence-corrected chi connectivity index (χ0v) is 8.84. The van der Waals surface area contributed by atoms with Gasteiger partial charge in [-0.05, 0) is 6.92 Å². The molecule has 0 N–H and O–H groups in total. The molecule has 2 rings (SSSR count). The van der Waals surface area contributed by atoms with E-state index in [1.165, 1.54) is 6.92 Å². The van der Waals surface area contributed by atoms with Crippen LogP contribution in [0.5, 0.6) is 0 Å². The molecule has 0 saturated carbocycles. The molecular formula is C9H8N2O6. The van der Waals surface area contributed by atoms with Crippen LogP contribution in [0.2, 0.25) is 0 Å². The van der Waals surface area contributed by atoms with E-state index in [1.54, 1.807) is 0 Å². The first-order valence-corrected chi connectivity index (χ1v) is 4.76. The summed E-state index contributed by atoms with van der Waals surface area (Å²) in [7, 11) is 0. The molecule has 90 valence electrons. The molecule has 1 aromatic heterocycles. The largest absolute Gasteiger partial charge is 0.398 e. The number of aromatic nitrogens is 2. The third kappa shape index (κ3) is 1.96. The standard InChI is InChI=1S/C9H8N2O6/c1-5-4-10-9(15)11(8(5)14)17-7(13)3-2-6(12)16-10/h4H,2-3H2,1H3. The molecule has 8 nitrogen and oxygen atoms in total. The van der Waals surface area contributed by atoms with Crippen LogP contribution in [0.25, 0.3) is 0 Å². The Balaban J connectivity index is 2.69. The van der Waals surface area contributed by atoms with Gasteiger partial charge in [0.1, 0.15) is 0 Å². The highest BCUT2D eigenvalue weighted by Gasteiger charge is 2.20. The van der Waals surface area contributed by atoms with E-state index < -0.39 is 23.2 Å². The monoisotopic (exact) mass is 240 g/mol. The number of hydrogen-bond donors (Lipinski definition) is 0. The van der Waals surface area contributed by atoms with Gasteiger partial charge < -0.3 is 9.68 Å². The highest BCUT2D eigenvalue weighted by Crippen LogP contribution is 1.95. The van der Waals surface area contributed by atoms with Gasteiger partial charge in [-0.15, -0.1) is 4.73 Å². The van der Waals surface area contributed by atoms with E-state index in [0.717, 1.165) is 6.20 Å². The number of nitrogens with zero attached hydrogens (tertiary/aromatic N) is 2. The molecule has 2 heterocycles. The molecule has 17 heavy (non-hydrogen) atoms. The number of rotatable bonds is 0. The molecule has 0 atom stereocenters. The summed E-state index contributed by atoms with van der Waals surface area (Å²) in [5.74, 6) is -1.60. The van der Waals surface area contributed by atoms with Gasteiger partial charge in [0.2, 0.25) is 0 Å². The van der Waals surface area contributed by atoms with E-state index in [-0.39, 0.29) is 23.1 Å². The summed E-state index contributed by atoms with van der Waals surface area (Å²) in [6.07, 6.45) is 0.582. The summed E-state index contributed by atoms with van der Waals surface area (Å²) in [5, 5.41) is 0. The Labute approximate surface area is 93.9 Å². The second-order valence-electron chi connectivity index (χ2n) is 3.45. The molecule has 0 radical (unpaired) electrons. The highest BCUT2D eigenvalue weighted by atomic mass is 16.7. The normalized spacial score (nSPS) is 15.4.